The molecule has 1 N–H and O–H groups in total. The molecule has 5 rings (SSSR count). The number of anilines is 1. The van der Waals surface area contributed by atoms with Crippen LogP contribution < -0.4 is 4.90 Å². The summed E-state index contributed by atoms with van der Waals surface area (Å²) in [7, 11) is 0. The first kappa shape index (κ1) is 14.4. The lowest BCUT2D eigenvalue weighted by Crippen LogP contribution is -2.46. The van der Waals surface area contributed by atoms with E-state index in [-0.39, 0.29) is 0 Å². The van der Waals surface area contributed by atoms with E-state index in [1.807, 2.05) is 30.3 Å². The van der Waals surface area contributed by atoms with Gasteiger partial charge in [-0.2, -0.15) is 0 Å². The molecule has 0 amide bonds. The van der Waals surface area contributed by atoms with Crippen molar-refractivity contribution in [3.63, 3.8) is 0 Å². The van der Waals surface area contributed by atoms with E-state index in [4.69, 9.17) is 0 Å². The molecule has 0 unspecified atom stereocenters. The first-order valence-corrected chi connectivity index (χ1v) is 8.56. The Balaban J connectivity index is 1.29. The zero-order chi connectivity index (χ0) is 16.6. The summed E-state index contributed by atoms with van der Waals surface area (Å²) in [6.45, 7) is 4.85. The molecule has 0 atom stereocenters. The van der Waals surface area contributed by atoms with Crippen LogP contribution >= 0.6 is 0 Å². The third-order valence-corrected chi connectivity index (χ3v) is 4.82. The molecule has 0 saturated carbocycles. The molecule has 3 aromatic heterocycles. The summed E-state index contributed by atoms with van der Waals surface area (Å²) in [6, 6.07) is 14.3. The largest absolute Gasteiger partial charge is 0.355 e. The summed E-state index contributed by atoms with van der Waals surface area (Å²) < 4.78 is 2.05. The van der Waals surface area contributed by atoms with Crippen LogP contribution in [0, 0.1) is 0 Å². The minimum Gasteiger partial charge on any atom is -0.355 e. The number of pyridine rings is 1. The summed E-state index contributed by atoms with van der Waals surface area (Å²) in [6.07, 6.45) is 1.78. The van der Waals surface area contributed by atoms with Crippen molar-refractivity contribution in [3.8, 4) is 0 Å². The first-order chi connectivity index (χ1) is 12.4. The molecule has 126 valence electrons. The number of hydrogen-bond donors (Lipinski definition) is 1. The Kier molecular flexibility index (Phi) is 3.38. The average Bonchev–Trinajstić information content (AvgIpc) is 3.28. The predicted molar refractivity (Wildman–Crippen MR) is 96.6 cm³/mol. The molecule has 4 aromatic rings. The molecular weight excluding hydrogens is 314 g/mol. The van der Waals surface area contributed by atoms with Crippen LogP contribution in [0.25, 0.3) is 16.7 Å². The van der Waals surface area contributed by atoms with Gasteiger partial charge >= 0.3 is 0 Å². The van der Waals surface area contributed by atoms with Crippen molar-refractivity contribution >= 4 is 22.5 Å². The zero-order valence-electron chi connectivity index (χ0n) is 13.8. The highest BCUT2D eigenvalue weighted by Gasteiger charge is 2.20. The third-order valence-electron chi connectivity index (χ3n) is 4.82. The molecule has 1 aliphatic rings. The quantitative estimate of drug-likeness (QED) is 0.621. The Morgan fingerprint density at radius 3 is 2.72 bits per heavy atom. The molecule has 0 bridgehead atoms. The second-order valence-corrected chi connectivity index (χ2v) is 6.41. The van der Waals surface area contributed by atoms with E-state index in [2.05, 4.69) is 46.5 Å². The van der Waals surface area contributed by atoms with Crippen molar-refractivity contribution < 1.29 is 0 Å². The summed E-state index contributed by atoms with van der Waals surface area (Å²) in [4.78, 5) is 12.9. The van der Waals surface area contributed by atoms with Gasteiger partial charge in [-0.3, -0.25) is 9.30 Å². The first-order valence-electron chi connectivity index (χ1n) is 8.56. The van der Waals surface area contributed by atoms with E-state index in [1.165, 1.54) is 0 Å². The maximum atomic E-state index is 4.69. The maximum absolute atomic E-state index is 4.69. The molecule has 7 nitrogen and oxygen atoms in total. The van der Waals surface area contributed by atoms with Crippen LogP contribution in [0.15, 0.2) is 48.8 Å². The van der Waals surface area contributed by atoms with Crippen LogP contribution in [-0.2, 0) is 6.54 Å². The lowest BCUT2D eigenvalue weighted by Gasteiger charge is -2.35. The van der Waals surface area contributed by atoms with Gasteiger partial charge in [0.1, 0.15) is 18.0 Å². The van der Waals surface area contributed by atoms with Crippen LogP contribution in [0.3, 0.4) is 0 Å². The maximum Gasteiger partial charge on any atom is 0.162 e. The van der Waals surface area contributed by atoms with E-state index in [0.29, 0.717) is 0 Å². The van der Waals surface area contributed by atoms with Crippen molar-refractivity contribution in [3.05, 3.63) is 54.6 Å². The van der Waals surface area contributed by atoms with Crippen molar-refractivity contribution in [2.24, 2.45) is 0 Å². The lowest BCUT2D eigenvalue weighted by molar-refractivity contribution is 0.244. The molecule has 1 saturated heterocycles. The van der Waals surface area contributed by atoms with Gasteiger partial charge in [0.2, 0.25) is 0 Å². The molecule has 0 radical (unpaired) electrons. The number of aromatic nitrogens is 5. The molecule has 25 heavy (non-hydrogen) atoms. The number of nitrogens with one attached hydrogen (secondary N) is 1. The van der Waals surface area contributed by atoms with Gasteiger partial charge in [0.05, 0.1) is 17.6 Å². The minimum absolute atomic E-state index is 0.860. The fourth-order valence-electron chi connectivity index (χ4n) is 3.52. The van der Waals surface area contributed by atoms with Crippen LogP contribution in [0.2, 0.25) is 0 Å². The van der Waals surface area contributed by atoms with Crippen molar-refractivity contribution in [1.29, 1.82) is 0 Å². The molecule has 7 heteroatoms. The van der Waals surface area contributed by atoms with Crippen molar-refractivity contribution in [2.45, 2.75) is 6.54 Å². The Hall–Kier alpha value is -2.93. The number of para-hydroxylation sites is 2. The fourth-order valence-corrected chi connectivity index (χ4v) is 3.52. The molecule has 4 heterocycles. The average molecular weight is 333 g/mol. The Morgan fingerprint density at radius 2 is 1.84 bits per heavy atom. The normalized spacial score (nSPS) is 16.1. The van der Waals surface area contributed by atoms with Crippen LogP contribution in [0.1, 0.15) is 5.82 Å². The van der Waals surface area contributed by atoms with E-state index < -0.39 is 0 Å². The smallest absolute Gasteiger partial charge is 0.162 e. The number of imidazole rings is 1. The summed E-state index contributed by atoms with van der Waals surface area (Å²) >= 11 is 0. The van der Waals surface area contributed by atoms with E-state index in [1.54, 1.807) is 6.33 Å². The topological polar surface area (TPSA) is 65.4 Å². The second-order valence-electron chi connectivity index (χ2n) is 6.41. The van der Waals surface area contributed by atoms with Gasteiger partial charge in [0, 0.05) is 26.2 Å². The minimum atomic E-state index is 0.860. The highest BCUT2D eigenvalue weighted by Crippen LogP contribution is 2.19. The molecule has 1 aromatic carbocycles. The number of aromatic amines is 1. The van der Waals surface area contributed by atoms with E-state index in [9.17, 15) is 0 Å². The Morgan fingerprint density at radius 1 is 0.960 bits per heavy atom. The molecule has 0 aliphatic carbocycles. The third kappa shape index (κ3) is 2.62. The summed E-state index contributed by atoms with van der Waals surface area (Å²) in [5.41, 5.74) is 3.04. The van der Waals surface area contributed by atoms with Gasteiger partial charge in [-0.25, -0.2) is 4.98 Å². The number of benzene rings is 1. The van der Waals surface area contributed by atoms with Gasteiger partial charge in [-0.15, -0.1) is 10.2 Å². The van der Waals surface area contributed by atoms with Gasteiger partial charge in [-0.1, -0.05) is 18.2 Å². The van der Waals surface area contributed by atoms with Gasteiger partial charge in [0.15, 0.2) is 5.65 Å². The van der Waals surface area contributed by atoms with Crippen LogP contribution in [0.4, 0.5) is 5.82 Å². The summed E-state index contributed by atoms with van der Waals surface area (Å²) in [5, 5.41) is 8.14. The standard InChI is InChI=1S/C18H19N7/c1-2-5-15-14(4-1)20-16(21-15)12-23-8-10-24(11-9-23)18-7-3-6-17-22-19-13-25(17)18/h1-7,13H,8-12H2,(H,20,21). The van der Waals surface area contributed by atoms with E-state index >= 15 is 0 Å². The highest BCUT2D eigenvalue weighted by atomic mass is 15.3. The number of rotatable bonds is 3. The lowest BCUT2D eigenvalue weighted by atomic mass is 10.3. The SMILES string of the molecule is c1ccc2[nH]c(CN3CCN(c4cccc5nncn45)CC3)nc2c1. The highest BCUT2D eigenvalue weighted by molar-refractivity contribution is 5.74. The molecule has 0 spiro atoms. The van der Waals surface area contributed by atoms with Gasteiger partial charge < -0.3 is 9.88 Å². The monoisotopic (exact) mass is 333 g/mol. The second kappa shape index (κ2) is 5.86. The number of hydrogen-bond acceptors (Lipinski definition) is 5. The van der Waals surface area contributed by atoms with Crippen molar-refractivity contribution in [2.75, 3.05) is 31.1 Å². The van der Waals surface area contributed by atoms with Gasteiger partial charge in [-0.05, 0) is 24.3 Å². The predicted octanol–water partition coefficient (Wildman–Crippen LogP) is 1.93. The fraction of sp³-hybridized carbons (Fsp3) is 0.278. The summed E-state index contributed by atoms with van der Waals surface area (Å²) in [5.74, 6) is 2.20. The Bertz CT molecular complexity index is 977. The molecule has 1 aliphatic heterocycles. The molecular formula is C18H19N7. The van der Waals surface area contributed by atoms with Gasteiger partial charge in [0.25, 0.3) is 0 Å². The van der Waals surface area contributed by atoms with E-state index in [0.717, 1.165) is 61.0 Å². The number of piperazine rings is 1. The number of fused-ring (bicyclic) bond motifs is 2. The Labute approximate surface area is 144 Å². The number of H-pyrrole nitrogens is 1. The van der Waals surface area contributed by atoms with Crippen LogP contribution in [-0.4, -0.2) is 55.6 Å². The zero-order valence-corrected chi connectivity index (χ0v) is 13.8. The van der Waals surface area contributed by atoms with Crippen LogP contribution in [0.5, 0.6) is 0 Å². The van der Waals surface area contributed by atoms with Crippen molar-refractivity contribution in [1.82, 2.24) is 29.5 Å². The molecule has 1 fully saturated rings. The number of nitrogens with zero attached hydrogens (tertiary/aromatic N) is 6.